The molecule has 8 rings (SSSR count). The van der Waals surface area contributed by atoms with E-state index in [1.807, 2.05) is 0 Å². The fourth-order valence-electron chi connectivity index (χ4n) is 7.78. The minimum absolute atomic E-state index is 0.826. The fourth-order valence-corrected chi connectivity index (χ4v) is 7.78. The average Bonchev–Trinajstić information content (AvgIpc) is 3.86. The van der Waals surface area contributed by atoms with Gasteiger partial charge in [-0.2, -0.15) is 12.1 Å². The van der Waals surface area contributed by atoms with E-state index < -0.39 is 20.8 Å². The molecule has 286 valence electrons. The summed E-state index contributed by atoms with van der Waals surface area (Å²) < 4.78 is 0. The Morgan fingerprint density at radius 1 is 0.446 bits per heavy atom. The van der Waals surface area contributed by atoms with Crippen molar-refractivity contribution in [3.63, 3.8) is 0 Å². The van der Waals surface area contributed by atoms with Crippen LogP contribution in [0.25, 0.3) is 65.3 Å². The molecule has 0 unspecified atom stereocenters. The number of halogens is 2. The zero-order valence-corrected chi connectivity index (χ0v) is 38.7. The quantitative estimate of drug-likeness (QED) is 0.0652. The molecule has 8 aromatic carbocycles. The summed E-state index contributed by atoms with van der Waals surface area (Å²) in [4.78, 5) is 0. The van der Waals surface area contributed by atoms with Crippen molar-refractivity contribution < 1.29 is 20.8 Å². The van der Waals surface area contributed by atoms with Crippen molar-refractivity contribution in [2.75, 3.05) is 0 Å². The number of hydrogen-bond donors (Lipinski definition) is 0. The molecular formula is C52H56Cl2SiZr. The van der Waals surface area contributed by atoms with Crippen molar-refractivity contribution in [1.82, 2.24) is 0 Å². The summed E-state index contributed by atoms with van der Waals surface area (Å²) in [7, 11) is 11.0. The first-order chi connectivity index (χ1) is 27.6. The first-order valence-electron chi connectivity index (χ1n) is 20.4. The van der Waals surface area contributed by atoms with Crippen molar-refractivity contribution in [1.29, 1.82) is 0 Å². The van der Waals surface area contributed by atoms with Gasteiger partial charge in [0.15, 0.2) is 0 Å². The van der Waals surface area contributed by atoms with Gasteiger partial charge in [-0.15, -0.1) is 69.1 Å². The van der Waals surface area contributed by atoms with E-state index in [2.05, 4.69) is 173 Å². The Morgan fingerprint density at radius 2 is 0.786 bits per heavy atom. The number of unbranched alkanes of at least 4 members (excludes halogenated alkanes) is 6. The Morgan fingerprint density at radius 3 is 1.18 bits per heavy atom. The molecule has 0 N–H and O–H groups in total. The molecule has 0 aliphatic rings. The Hall–Kier alpha value is -3.26. The van der Waals surface area contributed by atoms with Crippen LogP contribution in [0.4, 0.5) is 0 Å². The van der Waals surface area contributed by atoms with Crippen LogP contribution in [0.5, 0.6) is 0 Å². The molecule has 0 aromatic heterocycles. The van der Waals surface area contributed by atoms with E-state index in [1.165, 1.54) is 141 Å². The zero-order chi connectivity index (χ0) is 39.5. The van der Waals surface area contributed by atoms with Crippen LogP contribution in [0.3, 0.4) is 0 Å². The van der Waals surface area contributed by atoms with Crippen LogP contribution >= 0.6 is 17.0 Å². The molecule has 0 fully saturated rings. The Labute approximate surface area is 357 Å². The number of aryl methyl sites for hydroxylation is 2. The predicted octanol–water partition coefficient (Wildman–Crippen LogP) is 17.2. The van der Waals surface area contributed by atoms with Crippen LogP contribution in [-0.4, -0.2) is 9.52 Å². The summed E-state index contributed by atoms with van der Waals surface area (Å²) >= 11 is -0.826. The molecule has 56 heavy (non-hydrogen) atoms. The molecule has 0 aliphatic carbocycles. The number of hydrogen-bond acceptors (Lipinski definition) is 0. The maximum atomic E-state index is 4.93. The van der Waals surface area contributed by atoms with E-state index in [1.54, 1.807) is 0 Å². The molecule has 0 amide bonds. The van der Waals surface area contributed by atoms with Crippen LogP contribution in [0, 0.1) is 0 Å². The SMILES string of the molecule is CCCCCCc1cc2c(-c3cccc4ccccc34)cccc2[cH-]1.CCCCCCc1cc2c(-c3cccc4ccccc34)cccc2[cH-]1.C[Si]C.[Cl][Zr+2][Cl]. The van der Waals surface area contributed by atoms with Gasteiger partial charge in [0.2, 0.25) is 0 Å². The summed E-state index contributed by atoms with van der Waals surface area (Å²) in [6, 6.07) is 53.6. The fraction of sp³-hybridized carbons (Fsp3) is 0.269. The van der Waals surface area contributed by atoms with E-state index in [0.29, 0.717) is 0 Å². The van der Waals surface area contributed by atoms with Crippen molar-refractivity contribution in [3.8, 4) is 22.3 Å². The van der Waals surface area contributed by atoms with Gasteiger partial charge < -0.3 is 0 Å². The first-order valence-corrected chi connectivity index (χ1v) is 28.8. The number of rotatable bonds is 12. The predicted molar refractivity (Wildman–Crippen MR) is 250 cm³/mol. The molecule has 2 radical (unpaired) electrons. The summed E-state index contributed by atoms with van der Waals surface area (Å²) in [5.41, 5.74) is 8.36. The normalized spacial score (nSPS) is 10.7. The van der Waals surface area contributed by atoms with Crippen molar-refractivity contribution >= 4 is 69.6 Å². The minimum atomic E-state index is -0.826. The summed E-state index contributed by atoms with van der Waals surface area (Å²) in [6.07, 6.45) is 13.0. The van der Waals surface area contributed by atoms with E-state index in [9.17, 15) is 0 Å². The summed E-state index contributed by atoms with van der Waals surface area (Å²) in [6.45, 7) is 8.85. The standard InChI is InChI=1S/2C25H25.C2H6Si.2ClH.Zr/c2*1-2-3-4-5-10-19-17-21-13-9-16-24(25(21)18-19)23-15-8-12-20-11-6-7-14-22(20)23;1-3-2;;;/h2*6-9,11-18H,2-5,10H2,1H3;1-2H3;2*1H;/q2*-1;;;;+4/p-2. The Bertz CT molecular complexity index is 2190. The molecule has 0 atom stereocenters. The van der Waals surface area contributed by atoms with Gasteiger partial charge >= 0.3 is 37.9 Å². The van der Waals surface area contributed by atoms with Gasteiger partial charge in [-0.25, -0.2) is 0 Å². The van der Waals surface area contributed by atoms with E-state index in [0.717, 1.165) is 9.52 Å². The van der Waals surface area contributed by atoms with Crippen LogP contribution < -0.4 is 0 Å². The second-order valence-electron chi connectivity index (χ2n) is 14.6. The molecule has 0 nitrogen and oxygen atoms in total. The van der Waals surface area contributed by atoms with Crippen LogP contribution in [0.1, 0.15) is 76.3 Å². The second-order valence-corrected chi connectivity index (χ2v) is 19.3. The third kappa shape index (κ3) is 11.9. The van der Waals surface area contributed by atoms with Gasteiger partial charge in [-0.05, 0) is 45.5 Å². The first kappa shape index (κ1) is 43.9. The van der Waals surface area contributed by atoms with Crippen molar-refractivity contribution in [3.05, 3.63) is 157 Å². The summed E-state index contributed by atoms with van der Waals surface area (Å²) in [5, 5.41) is 10.8. The van der Waals surface area contributed by atoms with Gasteiger partial charge in [-0.3, -0.25) is 0 Å². The monoisotopic (exact) mass is 868 g/mol. The molecule has 0 bridgehead atoms. The third-order valence-electron chi connectivity index (χ3n) is 10.4. The van der Waals surface area contributed by atoms with Crippen LogP contribution in [-0.2, 0) is 33.7 Å². The topological polar surface area (TPSA) is 0 Å². The third-order valence-corrected chi connectivity index (χ3v) is 10.4. The Kier molecular flexibility index (Phi) is 18.7. The molecule has 8 aromatic rings. The van der Waals surface area contributed by atoms with Gasteiger partial charge in [0, 0.05) is 9.52 Å². The van der Waals surface area contributed by atoms with Crippen LogP contribution in [0.15, 0.2) is 146 Å². The maximum absolute atomic E-state index is 4.93. The molecule has 4 heteroatoms. The van der Waals surface area contributed by atoms with Crippen molar-refractivity contribution in [2.45, 2.75) is 91.1 Å². The second kappa shape index (κ2) is 23.8. The molecule has 0 spiro atoms. The number of fused-ring (bicyclic) bond motifs is 4. The molecule has 0 heterocycles. The molecule has 0 aliphatic heterocycles. The average molecular weight is 871 g/mol. The molecule has 0 saturated carbocycles. The molecular weight excluding hydrogens is 815 g/mol. The van der Waals surface area contributed by atoms with Gasteiger partial charge in [-0.1, -0.05) is 186 Å². The Balaban J connectivity index is 0.000000188. The van der Waals surface area contributed by atoms with Crippen molar-refractivity contribution in [2.24, 2.45) is 0 Å². The van der Waals surface area contributed by atoms with Gasteiger partial charge in [0.05, 0.1) is 0 Å². The van der Waals surface area contributed by atoms with Gasteiger partial charge in [0.25, 0.3) is 0 Å². The van der Waals surface area contributed by atoms with Gasteiger partial charge in [0.1, 0.15) is 0 Å². The zero-order valence-electron chi connectivity index (χ0n) is 33.7. The molecule has 0 saturated heterocycles. The van der Waals surface area contributed by atoms with E-state index in [4.69, 9.17) is 17.0 Å². The van der Waals surface area contributed by atoms with E-state index in [-0.39, 0.29) is 0 Å². The summed E-state index contributed by atoms with van der Waals surface area (Å²) in [5.74, 6) is 0. The van der Waals surface area contributed by atoms with Crippen LogP contribution in [0.2, 0.25) is 13.1 Å². The number of benzene rings is 6. The van der Waals surface area contributed by atoms with E-state index >= 15 is 0 Å².